The normalized spacial score (nSPS) is 38.1. The number of hydrogen-bond acceptors (Lipinski definition) is 3. The van der Waals surface area contributed by atoms with Crippen LogP contribution in [0.15, 0.2) is 42.5 Å². The summed E-state index contributed by atoms with van der Waals surface area (Å²) in [5, 5.41) is 2.75. The van der Waals surface area contributed by atoms with Gasteiger partial charge in [-0.2, -0.15) is 0 Å². The van der Waals surface area contributed by atoms with Crippen LogP contribution in [0.5, 0.6) is 0 Å². The van der Waals surface area contributed by atoms with Crippen molar-refractivity contribution in [3.8, 4) is 0 Å². The standard InChI is InChI=1S/C19H18N2O3/c22-15(20-10-4-2-1-3-5-10)9-21-18(23)16-11-6-7-12(14-8-13(11)14)17(16)19(21)24/h1-7,11-14,16-17H,8-9H2,(H,20,22)/t11-,12-,13-,14-,16-,17+/m1/s1. The Kier molecular flexibility index (Phi) is 2.78. The molecule has 6 atom stereocenters. The van der Waals surface area contributed by atoms with Crippen LogP contribution in [-0.4, -0.2) is 29.2 Å². The molecule has 6 rings (SSSR count). The first-order valence-corrected chi connectivity index (χ1v) is 8.53. The first kappa shape index (κ1) is 14.0. The summed E-state index contributed by atoms with van der Waals surface area (Å²) < 4.78 is 0. The van der Waals surface area contributed by atoms with Crippen molar-refractivity contribution < 1.29 is 14.4 Å². The molecule has 4 aliphatic carbocycles. The highest BCUT2D eigenvalue weighted by atomic mass is 16.2. The van der Waals surface area contributed by atoms with Crippen molar-refractivity contribution in [3.05, 3.63) is 42.5 Å². The minimum atomic E-state index is -0.327. The predicted octanol–water partition coefficient (Wildman–Crippen LogP) is 1.68. The van der Waals surface area contributed by atoms with Crippen molar-refractivity contribution in [2.75, 3.05) is 11.9 Å². The summed E-state index contributed by atoms with van der Waals surface area (Å²) in [6.07, 6.45) is 5.42. The number of hydrogen-bond donors (Lipinski definition) is 1. The summed E-state index contributed by atoms with van der Waals surface area (Å²) in [5.74, 6) is 0.448. The van der Waals surface area contributed by atoms with Gasteiger partial charge in [-0.25, -0.2) is 0 Å². The summed E-state index contributed by atoms with van der Waals surface area (Å²) in [6.45, 7) is -0.186. The fourth-order valence-electron chi connectivity index (χ4n) is 5.04. The molecule has 122 valence electrons. The van der Waals surface area contributed by atoms with E-state index in [0.717, 1.165) is 6.42 Å². The van der Waals surface area contributed by atoms with E-state index in [0.29, 0.717) is 17.5 Å². The van der Waals surface area contributed by atoms with E-state index in [2.05, 4.69) is 17.5 Å². The van der Waals surface area contributed by atoms with Crippen LogP contribution in [0.4, 0.5) is 5.69 Å². The van der Waals surface area contributed by atoms with E-state index in [-0.39, 0.29) is 47.9 Å². The number of nitrogens with one attached hydrogen (secondary N) is 1. The number of amides is 3. The highest BCUT2D eigenvalue weighted by Gasteiger charge is 2.67. The maximum Gasteiger partial charge on any atom is 0.244 e. The van der Waals surface area contributed by atoms with E-state index in [9.17, 15) is 14.4 Å². The minimum Gasteiger partial charge on any atom is -0.325 e. The third-order valence-corrected chi connectivity index (χ3v) is 6.11. The second-order valence-corrected chi connectivity index (χ2v) is 7.33. The maximum atomic E-state index is 12.8. The lowest BCUT2D eigenvalue weighted by Crippen LogP contribution is -2.40. The van der Waals surface area contributed by atoms with E-state index >= 15 is 0 Å². The molecule has 0 radical (unpaired) electrons. The summed E-state index contributed by atoms with van der Waals surface area (Å²) in [6, 6.07) is 9.08. The lowest BCUT2D eigenvalue weighted by Gasteiger charge is -2.37. The molecule has 1 aromatic rings. The second kappa shape index (κ2) is 4.79. The number of benzene rings is 1. The molecule has 0 aromatic heterocycles. The number of carbonyl (C=O) groups excluding carboxylic acids is 3. The number of likely N-dealkylation sites (tertiary alicyclic amines) is 1. The smallest absolute Gasteiger partial charge is 0.244 e. The van der Waals surface area contributed by atoms with E-state index in [4.69, 9.17) is 0 Å². The lowest BCUT2D eigenvalue weighted by atomic mass is 9.63. The van der Waals surface area contributed by atoms with Crippen molar-refractivity contribution in [2.45, 2.75) is 6.42 Å². The Morgan fingerprint density at radius 1 is 1.00 bits per heavy atom. The number of nitrogens with zero attached hydrogens (tertiary/aromatic N) is 1. The minimum absolute atomic E-state index is 0.155. The van der Waals surface area contributed by atoms with Crippen LogP contribution >= 0.6 is 0 Å². The fraction of sp³-hybridized carbons (Fsp3) is 0.421. The lowest BCUT2D eigenvalue weighted by molar-refractivity contribution is -0.142. The van der Waals surface area contributed by atoms with Gasteiger partial charge in [0.2, 0.25) is 17.7 Å². The van der Waals surface area contributed by atoms with Gasteiger partial charge < -0.3 is 5.32 Å². The first-order valence-electron chi connectivity index (χ1n) is 8.53. The molecule has 1 heterocycles. The van der Waals surface area contributed by atoms with Crippen LogP contribution in [0.2, 0.25) is 0 Å². The summed E-state index contributed by atoms with van der Waals surface area (Å²) >= 11 is 0. The molecule has 0 unspecified atom stereocenters. The van der Waals surface area contributed by atoms with Gasteiger partial charge in [0.25, 0.3) is 0 Å². The summed E-state index contributed by atoms with van der Waals surface area (Å²) in [4.78, 5) is 39.0. The molecule has 5 nitrogen and oxygen atoms in total. The van der Waals surface area contributed by atoms with Crippen LogP contribution in [0.3, 0.4) is 0 Å². The van der Waals surface area contributed by atoms with Gasteiger partial charge in [0.15, 0.2) is 0 Å². The SMILES string of the molecule is O=C(CN1C(=O)[C@@H]2[C@@H]3C=C[C@H]([C@H]4C[C@H]34)[C@@H]2C1=O)Nc1ccccc1. The van der Waals surface area contributed by atoms with Crippen LogP contribution in [0.25, 0.3) is 0 Å². The number of anilines is 1. The molecule has 24 heavy (non-hydrogen) atoms. The predicted molar refractivity (Wildman–Crippen MR) is 86.5 cm³/mol. The van der Waals surface area contributed by atoms with Gasteiger partial charge in [-0.1, -0.05) is 30.4 Å². The van der Waals surface area contributed by atoms with Crippen LogP contribution in [0, 0.1) is 35.5 Å². The Morgan fingerprint density at radius 2 is 1.58 bits per heavy atom. The quantitative estimate of drug-likeness (QED) is 0.680. The van der Waals surface area contributed by atoms with Gasteiger partial charge in [-0.05, 0) is 42.2 Å². The third-order valence-electron chi connectivity index (χ3n) is 6.11. The average Bonchev–Trinajstić information content (AvgIpc) is 3.37. The number of para-hydroxylation sites is 1. The molecule has 2 bridgehead atoms. The van der Waals surface area contributed by atoms with E-state index in [1.165, 1.54) is 4.90 Å². The van der Waals surface area contributed by atoms with Crippen LogP contribution in [-0.2, 0) is 14.4 Å². The fourth-order valence-corrected chi connectivity index (χ4v) is 5.04. The van der Waals surface area contributed by atoms with Gasteiger partial charge >= 0.3 is 0 Å². The van der Waals surface area contributed by atoms with Gasteiger partial charge in [0, 0.05) is 5.69 Å². The molecule has 0 spiro atoms. The van der Waals surface area contributed by atoms with Crippen molar-refractivity contribution in [3.63, 3.8) is 0 Å². The van der Waals surface area contributed by atoms with Crippen LogP contribution in [0.1, 0.15) is 6.42 Å². The van der Waals surface area contributed by atoms with Gasteiger partial charge in [0.05, 0.1) is 11.8 Å². The number of allylic oxidation sites excluding steroid dienone is 2. The second-order valence-electron chi connectivity index (χ2n) is 7.33. The zero-order valence-corrected chi connectivity index (χ0v) is 13.1. The molecule has 1 aromatic carbocycles. The Morgan fingerprint density at radius 3 is 2.17 bits per heavy atom. The topological polar surface area (TPSA) is 66.5 Å². The Hall–Kier alpha value is -2.43. The monoisotopic (exact) mass is 322 g/mol. The largest absolute Gasteiger partial charge is 0.325 e. The van der Waals surface area contributed by atoms with Crippen molar-refractivity contribution in [1.82, 2.24) is 4.90 Å². The van der Waals surface area contributed by atoms with E-state index < -0.39 is 0 Å². The Bertz CT molecular complexity index is 736. The van der Waals surface area contributed by atoms with Gasteiger partial charge in [-0.3, -0.25) is 19.3 Å². The van der Waals surface area contributed by atoms with Crippen molar-refractivity contribution in [1.29, 1.82) is 0 Å². The zero-order chi connectivity index (χ0) is 16.4. The molecule has 2 saturated carbocycles. The molecular weight excluding hydrogens is 304 g/mol. The highest BCUT2D eigenvalue weighted by Crippen LogP contribution is 2.65. The molecule has 3 fully saturated rings. The average molecular weight is 322 g/mol. The molecule has 3 amide bonds. The first-order chi connectivity index (χ1) is 11.6. The summed E-state index contributed by atoms with van der Waals surface area (Å²) in [7, 11) is 0. The molecular formula is C19H18N2O3. The van der Waals surface area contributed by atoms with Crippen molar-refractivity contribution >= 4 is 23.4 Å². The van der Waals surface area contributed by atoms with Gasteiger partial charge in [0.1, 0.15) is 6.54 Å². The van der Waals surface area contributed by atoms with E-state index in [1.807, 2.05) is 18.2 Å². The molecule has 1 N–H and O–H groups in total. The number of carbonyl (C=O) groups is 3. The maximum absolute atomic E-state index is 12.8. The molecule has 5 aliphatic rings. The molecule has 1 saturated heterocycles. The van der Waals surface area contributed by atoms with Crippen LogP contribution < -0.4 is 5.32 Å². The Balaban J connectivity index is 1.34. The Labute approximate surface area is 139 Å². The molecule has 1 aliphatic heterocycles. The van der Waals surface area contributed by atoms with Gasteiger partial charge in [-0.15, -0.1) is 0 Å². The highest BCUT2D eigenvalue weighted by molar-refractivity contribution is 6.09. The number of imide groups is 1. The van der Waals surface area contributed by atoms with Crippen molar-refractivity contribution in [2.24, 2.45) is 35.5 Å². The zero-order valence-electron chi connectivity index (χ0n) is 13.1. The summed E-state index contributed by atoms with van der Waals surface area (Å²) in [5.41, 5.74) is 0.669. The van der Waals surface area contributed by atoms with E-state index in [1.54, 1.807) is 12.1 Å². The number of rotatable bonds is 3. The third kappa shape index (κ3) is 1.84. The molecule has 5 heteroatoms.